The Hall–Kier alpha value is -3.88. The Morgan fingerprint density at radius 1 is 0.490 bits per heavy atom. The summed E-state index contributed by atoms with van der Waals surface area (Å²) in [6.45, 7) is 4.49. The zero-order valence-electron chi connectivity index (χ0n) is 29.0. The van der Waals surface area contributed by atoms with Crippen LogP contribution in [-0.2, 0) is 36.1 Å². The monoisotopic (exact) mass is 780 g/mol. The van der Waals surface area contributed by atoms with Crippen LogP contribution >= 0.6 is 0 Å². The van der Waals surface area contributed by atoms with E-state index in [0.29, 0.717) is 0 Å². The first kappa shape index (κ1) is 36.9. The molecule has 2 nitrogen and oxygen atoms in total. The van der Waals surface area contributed by atoms with Gasteiger partial charge in [-0.05, 0) is 0 Å². The minimum absolute atomic E-state index is 0. The minimum Gasteiger partial charge on any atom is -1.00 e. The van der Waals surface area contributed by atoms with Gasteiger partial charge >= 0.3 is 304 Å². The average molecular weight is 783 g/mol. The number of hydrogen-bond acceptors (Lipinski definition) is 2. The van der Waals surface area contributed by atoms with Gasteiger partial charge in [-0.25, -0.2) is 0 Å². The number of aryl methyl sites for hydroxylation is 2. The summed E-state index contributed by atoms with van der Waals surface area (Å²) < 4.78 is 3.11. The molecule has 5 heteroatoms. The van der Waals surface area contributed by atoms with Crippen LogP contribution in [0.25, 0.3) is 34.4 Å². The number of halogens is 2. The van der Waals surface area contributed by atoms with Crippen molar-refractivity contribution in [2.75, 3.05) is 0 Å². The molecule has 0 saturated carbocycles. The van der Waals surface area contributed by atoms with Gasteiger partial charge in [0, 0.05) is 0 Å². The molecule has 6 aromatic rings. The van der Waals surface area contributed by atoms with Crippen molar-refractivity contribution in [2.45, 2.75) is 51.4 Å². The Morgan fingerprint density at radius 3 is 1.29 bits per heavy atom. The third-order valence-electron chi connectivity index (χ3n) is 9.99. The first-order chi connectivity index (χ1) is 24.2. The van der Waals surface area contributed by atoms with Crippen LogP contribution in [0.5, 0.6) is 0 Å². The molecular formula is C46H40Cl2N2Zr. The van der Waals surface area contributed by atoms with E-state index in [-0.39, 0.29) is 36.6 Å². The molecule has 51 heavy (non-hydrogen) atoms. The summed E-state index contributed by atoms with van der Waals surface area (Å²) in [5, 5.41) is 0. The summed E-state index contributed by atoms with van der Waals surface area (Å²) in [5.41, 5.74) is 15.8. The fourth-order valence-corrected chi connectivity index (χ4v) is 11.8. The zero-order valence-corrected chi connectivity index (χ0v) is 33.0. The van der Waals surface area contributed by atoms with Crippen LogP contribution < -0.4 is 24.8 Å². The van der Waals surface area contributed by atoms with Crippen LogP contribution in [0.2, 0.25) is 0 Å². The third kappa shape index (κ3) is 7.40. The third-order valence-corrected chi connectivity index (χ3v) is 13.5. The summed E-state index contributed by atoms with van der Waals surface area (Å²) in [5.74, 6) is 0.336. The number of fused-ring (bicyclic) bond motifs is 2. The van der Waals surface area contributed by atoms with Gasteiger partial charge in [0.05, 0.1) is 0 Å². The van der Waals surface area contributed by atoms with E-state index in [1.165, 1.54) is 55.6 Å². The van der Waals surface area contributed by atoms with Crippen molar-refractivity contribution in [3.63, 3.8) is 0 Å². The van der Waals surface area contributed by atoms with Gasteiger partial charge in [0.25, 0.3) is 0 Å². The SMILES string of the molecule is CCCc1ccc(-c2cccc3c2C=[C]([Zr+2][C]2=Cc4c(-c5ccc(CCC)cc5)cccc4C2c2ccccn2)C3c2ccccn2)cc1.[Cl-].[Cl-]. The zero-order chi connectivity index (χ0) is 33.2. The minimum atomic E-state index is -1.32. The first-order valence-corrected chi connectivity index (χ1v) is 20.1. The summed E-state index contributed by atoms with van der Waals surface area (Å²) in [4.78, 5) is 9.93. The van der Waals surface area contributed by atoms with Gasteiger partial charge in [-0.15, -0.1) is 0 Å². The van der Waals surface area contributed by atoms with Crippen molar-refractivity contribution in [1.82, 2.24) is 9.97 Å². The molecule has 2 aliphatic rings. The molecule has 2 aliphatic carbocycles. The predicted molar refractivity (Wildman–Crippen MR) is 200 cm³/mol. The van der Waals surface area contributed by atoms with Crippen molar-refractivity contribution in [2.24, 2.45) is 0 Å². The van der Waals surface area contributed by atoms with Gasteiger partial charge in [-0.1, -0.05) is 0 Å². The molecule has 0 radical (unpaired) electrons. The Bertz CT molecular complexity index is 2000. The van der Waals surface area contributed by atoms with Crippen LogP contribution in [0.15, 0.2) is 140 Å². The molecule has 0 spiro atoms. The molecule has 2 aromatic heterocycles. The smallest absolute Gasteiger partial charge is 1.00 e. The normalized spacial score (nSPS) is 15.4. The molecule has 2 unspecified atom stereocenters. The van der Waals surface area contributed by atoms with Gasteiger partial charge in [-0.3, -0.25) is 0 Å². The number of rotatable bonds is 10. The molecule has 252 valence electrons. The van der Waals surface area contributed by atoms with E-state index in [4.69, 9.17) is 9.97 Å². The summed E-state index contributed by atoms with van der Waals surface area (Å²) in [6, 6.07) is 45.0. The van der Waals surface area contributed by atoms with E-state index in [1.54, 1.807) is 6.56 Å². The van der Waals surface area contributed by atoms with Gasteiger partial charge in [0.2, 0.25) is 0 Å². The van der Waals surface area contributed by atoms with Crippen molar-refractivity contribution in [1.29, 1.82) is 0 Å². The van der Waals surface area contributed by atoms with Crippen molar-refractivity contribution >= 4 is 12.2 Å². The summed E-state index contributed by atoms with van der Waals surface area (Å²) in [6.07, 6.45) is 13.5. The Morgan fingerprint density at radius 2 is 0.922 bits per heavy atom. The van der Waals surface area contributed by atoms with Crippen LogP contribution in [0, 0.1) is 0 Å². The maximum absolute atomic E-state index is 4.96. The molecule has 0 saturated heterocycles. The summed E-state index contributed by atoms with van der Waals surface area (Å²) >= 11 is -1.32. The number of pyridine rings is 2. The fourth-order valence-electron chi connectivity index (χ4n) is 7.70. The summed E-state index contributed by atoms with van der Waals surface area (Å²) in [7, 11) is 0. The van der Waals surface area contributed by atoms with Crippen molar-refractivity contribution in [3.8, 4) is 22.3 Å². The van der Waals surface area contributed by atoms with E-state index in [0.717, 1.165) is 37.1 Å². The number of hydrogen-bond donors (Lipinski definition) is 0. The Labute approximate surface area is 326 Å². The molecule has 0 fully saturated rings. The number of allylic oxidation sites excluding steroid dienone is 2. The Kier molecular flexibility index (Phi) is 12.0. The van der Waals surface area contributed by atoms with Crippen molar-refractivity contribution in [3.05, 3.63) is 185 Å². The molecule has 8 rings (SSSR count). The fraction of sp³-hybridized carbons (Fsp3) is 0.174. The maximum atomic E-state index is 4.96. The second-order valence-electron chi connectivity index (χ2n) is 13.2. The van der Waals surface area contributed by atoms with Crippen LogP contribution in [-0.4, -0.2) is 9.97 Å². The molecule has 0 aliphatic heterocycles. The molecule has 0 amide bonds. The van der Waals surface area contributed by atoms with Gasteiger partial charge in [-0.2, -0.15) is 0 Å². The van der Waals surface area contributed by atoms with Crippen LogP contribution in [0.1, 0.15) is 83.3 Å². The van der Waals surface area contributed by atoms with E-state index in [2.05, 4.69) is 135 Å². The van der Waals surface area contributed by atoms with Gasteiger partial charge in [0.1, 0.15) is 0 Å². The molecular weight excluding hydrogens is 743 g/mol. The first-order valence-electron chi connectivity index (χ1n) is 17.7. The van der Waals surface area contributed by atoms with Crippen molar-refractivity contribution < 1.29 is 48.0 Å². The largest absolute Gasteiger partial charge is 1.00 e. The van der Waals surface area contributed by atoms with E-state index >= 15 is 0 Å². The van der Waals surface area contributed by atoms with Gasteiger partial charge in [0.15, 0.2) is 0 Å². The van der Waals surface area contributed by atoms with Gasteiger partial charge < -0.3 is 24.8 Å². The molecule has 2 heterocycles. The topological polar surface area (TPSA) is 25.8 Å². The van der Waals surface area contributed by atoms with Crippen LogP contribution in [0.4, 0.5) is 0 Å². The number of benzene rings is 4. The number of aromatic nitrogens is 2. The maximum Gasteiger partial charge on any atom is -1.00 e. The predicted octanol–water partition coefficient (Wildman–Crippen LogP) is 5.48. The average Bonchev–Trinajstić information content (AvgIpc) is 3.71. The molecule has 0 bridgehead atoms. The second kappa shape index (κ2) is 16.6. The Balaban J connectivity index is 0.00000224. The molecule has 0 N–H and O–H groups in total. The van der Waals surface area contributed by atoms with E-state index in [1.807, 2.05) is 24.5 Å². The standard InChI is InChI=1S/2C23H20N.2ClH.Zr/c2*1-2-6-17-10-12-18(13-11-17)19-7-5-8-20-21(19)14-15-22(20)23-9-3-4-16-24-23;;;/h2*3-5,7-14,16,22H,2,6H2,1H3;2*1H;/q;;;;+2/p-2. The second-order valence-corrected chi connectivity index (χ2v) is 16.7. The van der Waals surface area contributed by atoms with E-state index < -0.39 is 23.2 Å². The molecule has 2 atom stereocenters. The van der Waals surface area contributed by atoms with Crippen LogP contribution in [0.3, 0.4) is 0 Å². The quantitative estimate of drug-likeness (QED) is 0.184. The van der Waals surface area contributed by atoms with E-state index in [9.17, 15) is 0 Å². The number of nitrogens with zero attached hydrogens (tertiary/aromatic N) is 2. The molecule has 4 aromatic carbocycles.